The van der Waals surface area contributed by atoms with Crippen LogP contribution in [-0.2, 0) is 24.1 Å². The molecule has 4 aromatic carbocycles. The summed E-state index contributed by atoms with van der Waals surface area (Å²) in [5.41, 5.74) is 5.60. The van der Waals surface area contributed by atoms with E-state index < -0.39 is 0 Å². The lowest BCUT2D eigenvalue weighted by molar-refractivity contribution is -0.00609. The molecule has 0 bridgehead atoms. The Bertz CT molecular complexity index is 1490. The second-order valence-electron chi connectivity index (χ2n) is 10.9. The van der Waals surface area contributed by atoms with Gasteiger partial charge in [-0.25, -0.2) is 4.79 Å². The average molecular weight is 550 g/mol. The number of fused-ring (bicyclic) bond motifs is 3. The van der Waals surface area contributed by atoms with Crippen molar-refractivity contribution in [3.05, 3.63) is 114 Å². The van der Waals surface area contributed by atoms with Crippen LogP contribution in [0.15, 0.2) is 97.1 Å². The number of aromatic nitrogens is 1. The molecule has 4 nitrogen and oxygen atoms in total. The third-order valence-corrected chi connectivity index (χ3v) is 7.94. The predicted molar refractivity (Wildman–Crippen MR) is 171 cm³/mol. The number of ether oxygens (including phenoxy) is 1. The van der Waals surface area contributed by atoms with Crippen LogP contribution in [0.2, 0.25) is 0 Å². The molecular weight excluding hydrogens is 506 g/mol. The first-order valence-electron chi connectivity index (χ1n) is 14.9. The van der Waals surface area contributed by atoms with Crippen LogP contribution in [0.5, 0.6) is 5.75 Å². The Labute approximate surface area is 244 Å². The summed E-state index contributed by atoms with van der Waals surface area (Å²) in [5, 5.41) is 11.6. The van der Waals surface area contributed by atoms with Crippen LogP contribution >= 0.6 is 0 Å². The number of aromatic hydroxyl groups is 1. The molecule has 214 valence electrons. The van der Waals surface area contributed by atoms with E-state index in [1.807, 2.05) is 43.3 Å². The molecule has 0 saturated heterocycles. The van der Waals surface area contributed by atoms with E-state index in [1.54, 1.807) is 12.1 Å². The van der Waals surface area contributed by atoms with Crippen LogP contribution in [0.1, 0.15) is 74.9 Å². The number of hydrogen-bond acceptors (Lipinski definition) is 3. The van der Waals surface area contributed by atoms with Crippen LogP contribution in [0.3, 0.4) is 0 Å². The number of phenolic OH excluding ortho intramolecular Hbond substituents is 1. The number of carbonyl (C=O) groups excluding carboxylic acids is 1. The van der Waals surface area contributed by atoms with Gasteiger partial charge in [-0.05, 0) is 99.9 Å². The van der Waals surface area contributed by atoms with Crippen molar-refractivity contribution in [2.45, 2.75) is 78.4 Å². The molecule has 1 aromatic heterocycles. The Kier molecular flexibility index (Phi) is 10.2. The third kappa shape index (κ3) is 7.58. The molecule has 1 N–H and O–H groups in total. The molecule has 0 radical (unpaired) electrons. The maximum absolute atomic E-state index is 12.0. The Balaban J connectivity index is 0.000000148. The van der Waals surface area contributed by atoms with Crippen molar-refractivity contribution in [3.63, 3.8) is 0 Å². The zero-order chi connectivity index (χ0) is 29.2. The molecule has 1 aliphatic rings. The minimum absolute atomic E-state index is 0.183. The average Bonchev–Trinajstić information content (AvgIpc) is 3.59. The largest absolute Gasteiger partial charge is 0.508 e. The van der Waals surface area contributed by atoms with E-state index in [0.717, 1.165) is 32.2 Å². The van der Waals surface area contributed by atoms with E-state index in [2.05, 4.69) is 73.9 Å². The molecule has 1 aliphatic carbocycles. The first kappa shape index (κ1) is 29.9. The number of aryl methyl sites for hydroxylation is 3. The Morgan fingerprint density at radius 1 is 0.732 bits per heavy atom. The van der Waals surface area contributed by atoms with E-state index in [9.17, 15) is 4.79 Å². The molecular formula is C37H43NO3. The van der Waals surface area contributed by atoms with Crippen molar-refractivity contribution in [1.82, 2.24) is 4.57 Å². The van der Waals surface area contributed by atoms with Gasteiger partial charge in [0.05, 0.1) is 5.56 Å². The van der Waals surface area contributed by atoms with Gasteiger partial charge in [0.25, 0.3) is 0 Å². The standard InChI is InChI=1S/C15H20O2.C14H13N.C8H10O/c1-3-12-6-8-13(9-7-12)14(16)17-15(2)10-4-5-11-15;1-2-15-13-9-5-3-7-11(13)12-8-4-6-10-14(12)15;1-2-7-3-5-8(9)6-4-7/h6-9H,3-5,10-11H2,1-2H3;3-10H,2H2,1H3;3-6,9H,2H2,1H3. The molecule has 0 aliphatic heterocycles. The summed E-state index contributed by atoms with van der Waals surface area (Å²) in [6.07, 6.45) is 6.34. The number of benzene rings is 4. The maximum Gasteiger partial charge on any atom is 0.338 e. The van der Waals surface area contributed by atoms with Crippen LogP contribution in [0.25, 0.3) is 21.8 Å². The third-order valence-electron chi connectivity index (χ3n) is 7.94. The highest BCUT2D eigenvalue weighted by Crippen LogP contribution is 2.33. The van der Waals surface area contributed by atoms with Crippen molar-refractivity contribution in [1.29, 1.82) is 0 Å². The van der Waals surface area contributed by atoms with Crippen molar-refractivity contribution < 1.29 is 14.6 Å². The quantitative estimate of drug-likeness (QED) is 0.222. The lowest BCUT2D eigenvalue weighted by atomic mass is 10.1. The van der Waals surface area contributed by atoms with E-state index >= 15 is 0 Å². The molecule has 6 rings (SSSR count). The van der Waals surface area contributed by atoms with E-state index in [4.69, 9.17) is 9.84 Å². The summed E-state index contributed by atoms with van der Waals surface area (Å²) in [5.74, 6) is 0.157. The van der Waals surface area contributed by atoms with Gasteiger partial charge in [-0.1, -0.05) is 74.5 Å². The van der Waals surface area contributed by atoms with Gasteiger partial charge in [-0.3, -0.25) is 0 Å². The normalized spacial score (nSPS) is 13.7. The number of rotatable bonds is 5. The maximum atomic E-state index is 12.0. The first-order chi connectivity index (χ1) is 19.9. The van der Waals surface area contributed by atoms with Crippen LogP contribution < -0.4 is 0 Å². The second-order valence-corrected chi connectivity index (χ2v) is 10.9. The van der Waals surface area contributed by atoms with Crippen LogP contribution in [-0.4, -0.2) is 21.2 Å². The van der Waals surface area contributed by atoms with Crippen molar-refractivity contribution in [3.8, 4) is 5.75 Å². The Morgan fingerprint density at radius 2 is 1.20 bits per heavy atom. The minimum Gasteiger partial charge on any atom is -0.508 e. The summed E-state index contributed by atoms with van der Waals surface area (Å²) >= 11 is 0. The predicted octanol–water partition coefficient (Wildman–Crippen LogP) is 9.51. The number of hydrogen-bond donors (Lipinski definition) is 1. The number of para-hydroxylation sites is 2. The van der Waals surface area contributed by atoms with E-state index in [0.29, 0.717) is 11.3 Å². The van der Waals surface area contributed by atoms with Gasteiger partial charge >= 0.3 is 5.97 Å². The molecule has 1 fully saturated rings. The van der Waals surface area contributed by atoms with E-state index in [1.165, 1.54) is 45.8 Å². The zero-order valence-electron chi connectivity index (χ0n) is 24.9. The van der Waals surface area contributed by atoms with Crippen molar-refractivity contribution in [2.75, 3.05) is 0 Å². The fourth-order valence-corrected chi connectivity index (χ4v) is 5.46. The number of phenols is 1. The summed E-state index contributed by atoms with van der Waals surface area (Å²) in [6, 6.07) is 32.2. The number of nitrogens with zero attached hydrogens (tertiary/aromatic N) is 1. The molecule has 0 spiro atoms. The van der Waals surface area contributed by atoms with Crippen molar-refractivity contribution in [2.24, 2.45) is 0 Å². The minimum atomic E-state index is -0.236. The molecule has 41 heavy (non-hydrogen) atoms. The topological polar surface area (TPSA) is 51.5 Å². The second kappa shape index (κ2) is 14.0. The SMILES string of the molecule is CCc1ccc(C(=O)OC2(C)CCCC2)cc1.CCc1ccc(O)cc1.CCn1c2ccccc2c2ccccc21. The highest BCUT2D eigenvalue weighted by atomic mass is 16.6. The number of esters is 1. The van der Waals surface area contributed by atoms with Gasteiger partial charge in [-0.15, -0.1) is 0 Å². The summed E-state index contributed by atoms with van der Waals surface area (Å²) in [7, 11) is 0. The fraction of sp³-hybridized carbons (Fsp3) is 0.324. The first-order valence-corrected chi connectivity index (χ1v) is 14.9. The van der Waals surface area contributed by atoms with Gasteiger partial charge < -0.3 is 14.4 Å². The molecule has 4 heteroatoms. The fourth-order valence-electron chi connectivity index (χ4n) is 5.46. The molecule has 0 amide bonds. The van der Waals surface area contributed by atoms with Crippen molar-refractivity contribution >= 4 is 27.8 Å². The summed E-state index contributed by atoms with van der Waals surface area (Å²) in [4.78, 5) is 12.0. The van der Waals surface area contributed by atoms with Gasteiger partial charge in [0.1, 0.15) is 11.4 Å². The molecule has 1 heterocycles. The smallest absolute Gasteiger partial charge is 0.338 e. The molecule has 0 unspecified atom stereocenters. The highest BCUT2D eigenvalue weighted by molar-refractivity contribution is 6.07. The lowest BCUT2D eigenvalue weighted by Crippen LogP contribution is -2.28. The number of carbonyl (C=O) groups is 1. The highest BCUT2D eigenvalue weighted by Gasteiger charge is 2.32. The Morgan fingerprint density at radius 3 is 1.66 bits per heavy atom. The Hall–Kier alpha value is -4.05. The van der Waals surface area contributed by atoms with Crippen LogP contribution in [0.4, 0.5) is 0 Å². The lowest BCUT2D eigenvalue weighted by Gasteiger charge is -2.24. The van der Waals surface area contributed by atoms with Gasteiger partial charge in [0.2, 0.25) is 0 Å². The van der Waals surface area contributed by atoms with E-state index in [-0.39, 0.29) is 11.6 Å². The van der Waals surface area contributed by atoms with Gasteiger partial charge in [0, 0.05) is 28.4 Å². The molecule has 5 aromatic rings. The zero-order valence-corrected chi connectivity index (χ0v) is 24.9. The van der Waals surface area contributed by atoms with Crippen LogP contribution in [0, 0.1) is 0 Å². The summed E-state index contributed by atoms with van der Waals surface area (Å²) < 4.78 is 7.99. The molecule has 1 saturated carbocycles. The van der Waals surface area contributed by atoms with Gasteiger partial charge in [-0.2, -0.15) is 0 Å². The molecule has 0 atom stereocenters. The summed E-state index contributed by atoms with van der Waals surface area (Å²) in [6.45, 7) is 9.45. The van der Waals surface area contributed by atoms with Gasteiger partial charge in [0.15, 0.2) is 0 Å². The monoisotopic (exact) mass is 549 g/mol.